The van der Waals surface area contributed by atoms with Crippen LogP contribution in [0.25, 0.3) is 5.69 Å². The molecule has 1 aliphatic heterocycles. The van der Waals surface area contributed by atoms with Crippen LogP contribution in [-0.2, 0) is 4.74 Å². The molecule has 0 saturated carbocycles. The molecule has 2 aromatic rings. The average molecular weight is 264 g/mol. The minimum atomic E-state index is 0.323. The van der Waals surface area contributed by atoms with Gasteiger partial charge in [-0.2, -0.15) is 5.10 Å². The normalized spacial score (nSPS) is 19.3. The fourth-order valence-corrected chi connectivity index (χ4v) is 2.36. The highest BCUT2D eigenvalue weighted by molar-refractivity contribution is 6.30. The highest BCUT2D eigenvalue weighted by atomic mass is 35.5. The predicted octanol–water partition coefficient (Wildman–Crippen LogP) is 2.73. The van der Waals surface area contributed by atoms with E-state index in [0.29, 0.717) is 10.9 Å². The van der Waals surface area contributed by atoms with Crippen molar-refractivity contribution in [2.75, 3.05) is 13.2 Å². The van der Waals surface area contributed by atoms with E-state index in [9.17, 15) is 0 Å². The van der Waals surface area contributed by atoms with Gasteiger partial charge in [-0.05, 0) is 31.5 Å². The average Bonchev–Trinajstić information content (AvgIpc) is 2.97. The lowest BCUT2D eigenvalue weighted by Gasteiger charge is -2.03. The number of hydrogen-bond acceptors (Lipinski definition) is 3. The Balaban J connectivity index is 1.97. The minimum Gasteiger partial charge on any atom is -0.381 e. The third kappa shape index (κ3) is 2.13. The van der Waals surface area contributed by atoms with Gasteiger partial charge in [0.2, 0.25) is 0 Å². The molecule has 1 saturated heterocycles. The SMILES string of the molecule is Cc1nc([C@@H]2CCOC2)nn1-c1cccc(Cl)c1. The largest absolute Gasteiger partial charge is 0.381 e. The van der Waals surface area contributed by atoms with Gasteiger partial charge >= 0.3 is 0 Å². The van der Waals surface area contributed by atoms with Gasteiger partial charge < -0.3 is 4.74 Å². The Bertz CT molecular complexity index is 561. The van der Waals surface area contributed by atoms with Gasteiger partial charge in [0.25, 0.3) is 0 Å². The molecule has 0 radical (unpaired) electrons. The summed E-state index contributed by atoms with van der Waals surface area (Å²) in [5.41, 5.74) is 0.942. The minimum absolute atomic E-state index is 0.323. The van der Waals surface area contributed by atoms with Gasteiger partial charge in [-0.25, -0.2) is 9.67 Å². The van der Waals surface area contributed by atoms with E-state index in [0.717, 1.165) is 37.0 Å². The van der Waals surface area contributed by atoms with E-state index in [1.54, 1.807) is 0 Å². The summed E-state index contributed by atoms with van der Waals surface area (Å²) in [7, 11) is 0. The van der Waals surface area contributed by atoms with Crippen LogP contribution in [0.15, 0.2) is 24.3 Å². The van der Waals surface area contributed by atoms with Crippen molar-refractivity contribution in [2.24, 2.45) is 0 Å². The van der Waals surface area contributed by atoms with Crippen LogP contribution in [0.5, 0.6) is 0 Å². The number of ether oxygens (including phenoxy) is 1. The zero-order valence-corrected chi connectivity index (χ0v) is 10.9. The Kier molecular flexibility index (Phi) is 3.06. The number of hydrogen-bond donors (Lipinski definition) is 0. The summed E-state index contributed by atoms with van der Waals surface area (Å²) in [4.78, 5) is 4.53. The maximum absolute atomic E-state index is 6.00. The molecule has 0 N–H and O–H groups in total. The van der Waals surface area contributed by atoms with Crippen LogP contribution >= 0.6 is 11.6 Å². The number of aromatic nitrogens is 3. The first kappa shape index (κ1) is 11.7. The summed E-state index contributed by atoms with van der Waals surface area (Å²) in [5, 5.41) is 5.27. The summed E-state index contributed by atoms with van der Waals surface area (Å²) >= 11 is 6.00. The number of benzene rings is 1. The van der Waals surface area contributed by atoms with Crippen molar-refractivity contribution in [1.29, 1.82) is 0 Å². The first-order chi connectivity index (χ1) is 8.74. The highest BCUT2D eigenvalue weighted by Crippen LogP contribution is 2.24. The predicted molar refractivity (Wildman–Crippen MR) is 69.3 cm³/mol. The van der Waals surface area contributed by atoms with E-state index < -0.39 is 0 Å². The molecule has 2 heterocycles. The summed E-state index contributed by atoms with van der Waals surface area (Å²) in [6.45, 7) is 3.47. The van der Waals surface area contributed by atoms with Crippen LogP contribution < -0.4 is 0 Å². The van der Waals surface area contributed by atoms with Crippen LogP contribution in [0.2, 0.25) is 5.02 Å². The van der Waals surface area contributed by atoms with E-state index >= 15 is 0 Å². The molecule has 1 aliphatic rings. The van der Waals surface area contributed by atoms with Crippen LogP contribution in [0, 0.1) is 6.92 Å². The summed E-state index contributed by atoms with van der Waals surface area (Å²) in [6, 6.07) is 7.63. The third-order valence-electron chi connectivity index (χ3n) is 3.13. The van der Waals surface area contributed by atoms with E-state index in [2.05, 4.69) is 10.1 Å². The molecule has 1 aromatic carbocycles. The summed E-state index contributed by atoms with van der Waals surface area (Å²) < 4.78 is 7.21. The molecule has 0 aliphatic carbocycles. The van der Waals surface area contributed by atoms with Crippen LogP contribution in [0.3, 0.4) is 0 Å². The fraction of sp³-hybridized carbons (Fsp3) is 0.385. The monoisotopic (exact) mass is 263 g/mol. The zero-order valence-electron chi connectivity index (χ0n) is 10.1. The van der Waals surface area contributed by atoms with Crippen molar-refractivity contribution >= 4 is 11.6 Å². The summed E-state index contributed by atoms with van der Waals surface area (Å²) in [5.74, 6) is 2.06. The molecule has 0 bridgehead atoms. The van der Waals surface area contributed by atoms with Crippen LogP contribution in [0.1, 0.15) is 24.0 Å². The number of nitrogens with zero attached hydrogens (tertiary/aromatic N) is 3. The van der Waals surface area contributed by atoms with Gasteiger partial charge in [0.1, 0.15) is 5.82 Å². The Morgan fingerprint density at radius 1 is 1.44 bits per heavy atom. The van der Waals surface area contributed by atoms with Crippen molar-refractivity contribution < 1.29 is 4.74 Å². The van der Waals surface area contributed by atoms with Gasteiger partial charge in [0, 0.05) is 17.5 Å². The first-order valence-corrected chi connectivity index (χ1v) is 6.39. The van der Waals surface area contributed by atoms with E-state index in [4.69, 9.17) is 16.3 Å². The maximum Gasteiger partial charge on any atom is 0.156 e. The zero-order chi connectivity index (χ0) is 12.5. The van der Waals surface area contributed by atoms with Crippen molar-refractivity contribution in [2.45, 2.75) is 19.3 Å². The fourth-order valence-electron chi connectivity index (χ4n) is 2.17. The Hall–Kier alpha value is -1.39. The van der Waals surface area contributed by atoms with Crippen molar-refractivity contribution in [3.05, 3.63) is 40.9 Å². The molecule has 0 amide bonds. The van der Waals surface area contributed by atoms with Crippen LogP contribution in [0.4, 0.5) is 0 Å². The van der Waals surface area contributed by atoms with Gasteiger partial charge in [0.05, 0.1) is 12.3 Å². The summed E-state index contributed by atoms with van der Waals surface area (Å²) in [6.07, 6.45) is 0.999. The molecule has 1 aromatic heterocycles. The lowest BCUT2D eigenvalue weighted by atomic mass is 10.1. The van der Waals surface area contributed by atoms with E-state index in [1.807, 2.05) is 35.9 Å². The Labute approximate surface area is 111 Å². The molecule has 1 atom stereocenters. The van der Waals surface area contributed by atoms with Crippen molar-refractivity contribution in [3.8, 4) is 5.69 Å². The second kappa shape index (κ2) is 4.71. The molecule has 3 rings (SSSR count). The standard InChI is InChI=1S/C13H14ClN3O/c1-9-15-13(10-5-6-18-8-10)16-17(9)12-4-2-3-11(14)7-12/h2-4,7,10H,5-6,8H2,1H3/t10-/m1/s1. The Morgan fingerprint density at radius 2 is 2.33 bits per heavy atom. The Morgan fingerprint density at radius 3 is 3.06 bits per heavy atom. The van der Waals surface area contributed by atoms with E-state index in [1.165, 1.54) is 0 Å². The molecule has 1 fully saturated rings. The molecule has 94 valence electrons. The number of aryl methyl sites for hydroxylation is 1. The number of halogens is 1. The molecule has 18 heavy (non-hydrogen) atoms. The van der Waals surface area contributed by atoms with Gasteiger partial charge in [-0.1, -0.05) is 17.7 Å². The molecular weight excluding hydrogens is 250 g/mol. The lowest BCUT2D eigenvalue weighted by molar-refractivity contribution is 0.193. The molecule has 0 unspecified atom stereocenters. The van der Waals surface area contributed by atoms with Gasteiger partial charge in [-0.3, -0.25) is 0 Å². The molecule has 4 nitrogen and oxygen atoms in total. The second-order valence-corrected chi connectivity index (χ2v) is 4.91. The molecular formula is C13H14ClN3O. The van der Waals surface area contributed by atoms with Crippen molar-refractivity contribution in [1.82, 2.24) is 14.8 Å². The first-order valence-electron chi connectivity index (χ1n) is 6.01. The topological polar surface area (TPSA) is 39.9 Å². The molecule has 0 spiro atoms. The third-order valence-corrected chi connectivity index (χ3v) is 3.37. The lowest BCUT2D eigenvalue weighted by Crippen LogP contribution is -2.02. The van der Waals surface area contributed by atoms with E-state index in [-0.39, 0.29) is 0 Å². The van der Waals surface area contributed by atoms with Gasteiger partial charge in [-0.15, -0.1) is 0 Å². The van der Waals surface area contributed by atoms with Crippen molar-refractivity contribution in [3.63, 3.8) is 0 Å². The van der Waals surface area contributed by atoms with Crippen LogP contribution in [-0.4, -0.2) is 28.0 Å². The second-order valence-electron chi connectivity index (χ2n) is 4.47. The van der Waals surface area contributed by atoms with Gasteiger partial charge in [0.15, 0.2) is 5.82 Å². The smallest absolute Gasteiger partial charge is 0.156 e. The number of rotatable bonds is 2. The molecule has 5 heteroatoms. The maximum atomic E-state index is 6.00. The quantitative estimate of drug-likeness (QED) is 0.836. The highest BCUT2D eigenvalue weighted by Gasteiger charge is 2.23.